The first kappa shape index (κ1) is 47.6. The predicted molar refractivity (Wildman–Crippen MR) is 261 cm³/mol. The van der Waals surface area contributed by atoms with Crippen molar-refractivity contribution in [2.45, 2.75) is 44.9 Å². The number of ether oxygens (including phenoxy) is 5. The second-order valence-corrected chi connectivity index (χ2v) is 17.0. The number of aryl methyl sites for hydroxylation is 2. The van der Waals surface area contributed by atoms with Gasteiger partial charge in [-0.15, -0.1) is 0 Å². The lowest BCUT2D eigenvalue weighted by Gasteiger charge is -2.32. The number of benzene rings is 2. The zero-order valence-electron chi connectivity index (χ0n) is 43.8. The highest BCUT2D eigenvalue weighted by Crippen LogP contribution is 2.37. The van der Waals surface area contributed by atoms with Gasteiger partial charge in [-0.05, 0) is 74.5 Å². The summed E-state index contributed by atoms with van der Waals surface area (Å²) in [4.78, 5) is 46.7. The van der Waals surface area contributed by atoms with E-state index in [1.807, 2.05) is 9.80 Å². The number of rotatable bonds is 11. The highest BCUT2D eigenvalue weighted by Gasteiger charge is 2.33. The summed E-state index contributed by atoms with van der Waals surface area (Å²) in [5, 5.41) is 5.19. The Balaban J connectivity index is 0.000000207. The second kappa shape index (κ2) is 23.2. The molecule has 0 saturated carbocycles. The summed E-state index contributed by atoms with van der Waals surface area (Å²) in [6.07, 6.45) is -6.86. The lowest BCUT2D eigenvalue weighted by Crippen LogP contribution is -2.39. The van der Waals surface area contributed by atoms with Gasteiger partial charge in [0, 0.05) is 89.8 Å². The van der Waals surface area contributed by atoms with Gasteiger partial charge in [0.05, 0.1) is 87.1 Å². The van der Waals surface area contributed by atoms with Crippen molar-refractivity contribution in [3.05, 3.63) is 131 Å². The Bertz CT molecular complexity index is 3130. The van der Waals surface area contributed by atoms with Crippen molar-refractivity contribution in [1.82, 2.24) is 19.9 Å². The summed E-state index contributed by atoms with van der Waals surface area (Å²) >= 11 is 0. The molecule has 3 aliphatic rings. The van der Waals surface area contributed by atoms with Crippen LogP contribution in [0.2, 0.25) is 0 Å². The van der Waals surface area contributed by atoms with Crippen LogP contribution < -0.4 is 29.9 Å². The topological polar surface area (TPSA) is 162 Å². The Labute approximate surface area is 426 Å². The molecular formula is C52H51F7N8O7. The van der Waals surface area contributed by atoms with Crippen molar-refractivity contribution < 1.29 is 69.5 Å². The van der Waals surface area contributed by atoms with E-state index in [-0.39, 0.29) is 53.9 Å². The molecule has 7 heterocycles. The number of pyridine rings is 4. The first-order chi connectivity index (χ1) is 36.9. The highest BCUT2D eigenvalue weighted by molar-refractivity contribution is 6.05. The molecule has 390 valence electrons. The van der Waals surface area contributed by atoms with Crippen LogP contribution in [0.5, 0.6) is 11.8 Å². The van der Waals surface area contributed by atoms with Gasteiger partial charge in [0.1, 0.15) is 17.5 Å². The molecule has 6 aromatic rings. The largest absolute Gasteiger partial charge is 0.480 e. The van der Waals surface area contributed by atoms with E-state index in [1.54, 1.807) is 38.1 Å². The number of hydrogen-bond donors (Lipinski definition) is 2. The normalized spacial score (nSPS) is 19.1. The lowest BCUT2D eigenvalue weighted by atomic mass is 10.0. The number of morpholine rings is 2. The van der Waals surface area contributed by atoms with E-state index in [9.17, 15) is 40.3 Å². The summed E-state index contributed by atoms with van der Waals surface area (Å²) in [6.45, 7) is 7.37. The third kappa shape index (κ3) is 13.0. The molecular weight excluding hydrogens is 982 g/mol. The standard InChI is InChI=1S/C28H28F4N4O4.C24H23F3N4O3/c1-17-22(13-21(15-33-17)35-26(37)18-3-2-4-20(11-18)28(30,31)32)19-12-24(36-6-9-38-10-7-36)27(34-14-19)40-25-5-8-39-16-23(25)29;1-15-20(17-11-21(23(33-2)29-13-17)31-6-8-34-9-7-31)12-19(14-28-15)30-22(32)16-4-3-5-18(10-16)24(25,26)27/h2-4,11-15,23,25H,5-10,16H2,1H3,(H,35,37);3-5,10-14H,6-9H2,1-2H3,(H,30,32)/i25D;2D3. The van der Waals surface area contributed by atoms with Crippen molar-refractivity contribution in [3.63, 3.8) is 0 Å². The Hall–Kier alpha value is -7.43. The fraction of sp³-hybridized carbons (Fsp3) is 0.346. The molecule has 15 nitrogen and oxygen atoms in total. The van der Waals surface area contributed by atoms with Crippen LogP contribution in [0.15, 0.2) is 97.6 Å². The van der Waals surface area contributed by atoms with Gasteiger partial charge in [0.15, 0.2) is 6.17 Å². The number of alkyl halides is 7. The number of nitrogens with one attached hydrogen (secondary N) is 2. The molecule has 9 rings (SSSR count). The average Bonchev–Trinajstić information content (AvgIpc) is 3.47. The molecule has 2 unspecified atom stereocenters. The maximum absolute atomic E-state index is 14.6. The molecule has 0 radical (unpaired) electrons. The van der Waals surface area contributed by atoms with Crippen LogP contribution in [-0.2, 0) is 26.6 Å². The molecule has 4 aromatic heterocycles. The molecule has 3 aliphatic heterocycles. The SMILES string of the molecule is [2H]C([2H])([2H])Oc1ncc(-c2cc(NC(=O)c3cccc(C(F)(F)F)c3)cnc2C)cc1N1CCOCC1.[2H]C1(Oc2ncc(-c3cc(NC(=O)c4cccc(C(F)(F)F)c4)cnc3C)cc2N2CCOCC2)CCOCC1F. The van der Waals surface area contributed by atoms with Crippen LogP contribution in [-0.4, -0.2) is 117 Å². The minimum absolute atomic E-state index is 0.0385. The van der Waals surface area contributed by atoms with Crippen molar-refractivity contribution >= 4 is 34.6 Å². The third-order valence-corrected chi connectivity index (χ3v) is 12.0. The van der Waals surface area contributed by atoms with Crippen molar-refractivity contribution in [2.75, 3.05) is 93.3 Å². The Morgan fingerprint density at radius 1 is 0.649 bits per heavy atom. The number of anilines is 4. The molecule has 2 aromatic carbocycles. The van der Waals surface area contributed by atoms with Crippen LogP contribution in [0.1, 0.15) is 55.1 Å². The number of nitrogens with zero attached hydrogens (tertiary/aromatic N) is 6. The van der Waals surface area contributed by atoms with Gasteiger partial charge in [-0.25, -0.2) is 14.4 Å². The van der Waals surface area contributed by atoms with E-state index in [1.165, 1.54) is 43.0 Å². The molecule has 2 N–H and O–H groups in total. The quantitative estimate of drug-likeness (QED) is 0.118. The van der Waals surface area contributed by atoms with Crippen LogP contribution in [0.25, 0.3) is 22.3 Å². The molecule has 22 heteroatoms. The molecule has 3 saturated heterocycles. The first-order valence-corrected chi connectivity index (χ1v) is 23.1. The summed E-state index contributed by atoms with van der Waals surface area (Å²) in [6, 6.07) is 15.1. The maximum Gasteiger partial charge on any atom is 0.416 e. The summed E-state index contributed by atoms with van der Waals surface area (Å²) in [5.41, 5.74) is 2.99. The van der Waals surface area contributed by atoms with E-state index in [0.717, 1.165) is 30.3 Å². The van der Waals surface area contributed by atoms with Crippen LogP contribution in [0.4, 0.5) is 53.5 Å². The van der Waals surface area contributed by atoms with E-state index in [0.29, 0.717) is 97.6 Å². The van der Waals surface area contributed by atoms with Crippen LogP contribution >= 0.6 is 0 Å². The number of methoxy groups -OCH3 is 1. The monoisotopic (exact) mass is 1040 g/mol. The molecule has 3 fully saturated rings. The summed E-state index contributed by atoms with van der Waals surface area (Å²) in [7, 11) is -2.69. The number of hydrogen-bond acceptors (Lipinski definition) is 13. The van der Waals surface area contributed by atoms with Gasteiger partial charge in [-0.3, -0.25) is 19.6 Å². The zero-order chi connectivity index (χ0) is 56.0. The Morgan fingerprint density at radius 2 is 1.12 bits per heavy atom. The van der Waals surface area contributed by atoms with Gasteiger partial charge >= 0.3 is 12.4 Å². The summed E-state index contributed by atoms with van der Waals surface area (Å²) < 4.78 is 151. The Kier molecular flexibility index (Phi) is 14.9. The van der Waals surface area contributed by atoms with Crippen molar-refractivity contribution in [1.29, 1.82) is 0 Å². The van der Waals surface area contributed by atoms with E-state index < -0.39 is 54.6 Å². The molecule has 0 bridgehead atoms. The number of halogens is 7. The number of carbonyl (C=O) groups is 2. The molecule has 2 amide bonds. The lowest BCUT2D eigenvalue weighted by molar-refractivity contribution is -0.138. The Morgan fingerprint density at radius 3 is 1.58 bits per heavy atom. The van der Waals surface area contributed by atoms with Crippen LogP contribution in [0.3, 0.4) is 0 Å². The van der Waals surface area contributed by atoms with E-state index >= 15 is 0 Å². The predicted octanol–water partition coefficient (Wildman–Crippen LogP) is 9.63. The second-order valence-electron chi connectivity index (χ2n) is 17.0. The molecule has 0 aliphatic carbocycles. The highest BCUT2D eigenvalue weighted by atomic mass is 19.4. The van der Waals surface area contributed by atoms with E-state index in [2.05, 4.69) is 30.6 Å². The van der Waals surface area contributed by atoms with Crippen LogP contribution in [0, 0.1) is 13.8 Å². The van der Waals surface area contributed by atoms with Gasteiger partial charge in [-0.1, -0.05) is 12.1 Å². The van der Waals surface area contributed by atoms with Gasteiger partial charge in [0.2, 0.25) is 11.8 Å². The van der Waals surface area contributed by atoms with E-state index in [4.69, 9.17) is 29.2 Å². The van der Waals surface area contributed by atoms with Gasteiger partial charge in [-0.2, -0.15) is 26.3 Å². The fourth-order valence-corrected chi connectivity index (χ4v) is 8.11. The zero-order valence-corrected chi connectivity index (χ0v) is 39.8. The minimum atomic E-state index is -4.58. The molecule has 2 atom stereocenters. The average molecular weight is 1040 g/mol. The minimum Gasteiger partial charge on any atom is -0.480 e. The van der Waals surface area contributed by atoms with Crippen molar-refractivity contribution in [2.24, 2.45) is 0 Å². The third-order valence-electron chi connectivity index (χ3n) is 12.0. The van der Waals surface area contributed by atoms with Gasteiger partial charge in [0.25, 0.3) is 11.8 Å². The first-order valence-electron chi connectivity index (χ1n) is 25.1. The molecule has 0 spiro atoms. The smallest absolute Gasteiger partial charge is 0.416 e. The number of amides is 2. The van der Waals surface area contributed by atoms with Gasteiger partial charge < -0.3 is 44.1 Å². The fourth-order valence-electron chi connectivity index (χ4n) is 8.11. The summed E-state index contributed by atoms with van der Waals surface area (Å²) in [5.74, 6) is -1.39. The number of aromatic nitrogens is 4. The van der Waals surface area contributed by atoms with Crippen molar-refractivity contribution in [3.8, 4) is 34.0 Å². The molecule has 74 heavy (non-hydrogen) atoms. The number of carbonyl (C=O) groups excluding carboxylic acids is 2. The maximum atomic E-state index is 14.6.